The molecule has 0 saturated carbocycles. The molecular weight excluding hydrogens is 372 g/mol. The third-order valence-corrected chi connectivity index (χ3v) is 5.11. The number of nitrogen functional groups attached to an aromatic ring is 1. The Balaban J connectivity index is 1.60. The highest BCUT2D eigenvalue weighted by Crippen LogP contribution is 2.29. The molecule has 29 heavy (non-hydrogen) atoms. The predicted octanol–water partition coefficient (Wildman–Crippen LogP) is 3.14. The molecule has 1 atom stereocenters. The van der Waals surface area contributed by atoms with Crippen LogP contribution in [-0.4, -0.2) is 39.8 Å². The highest BCUT2D eigenvalue weighted by Gasteiger charge is 2.27. The van der Waals surface area contributed by atoms with Crippen LogP contribution in [-0.2, 0) is 16.0 Å². The van der Waals surface area contributed by atoms with Crippen LogP contribution < -0.4 is 5.73 Å². The first kappa shape index (κ1) is 17.7. The fraction of sp³-hybridized carbons (Fsp3) is 0.286. The molecular formula is C21H20N4O4. The van der Waals surface area contributed by atoms with Crippen LogP contribution in [0.2, 0.25) is 0 Å². The third kappa shape index (κ3) is 3.21. The Kier molecular flexibility index (Phi) is 4.40. The van der Waals surface area contributed by atoms with Gasteiger partial charge in [0.05, 0.1) is 29.9 Å². The summed E-state index contributed by atoms with van der Waals surface area (Å²) in [6.45, 7) is 1.23. The van der Waals surface area contributed by atoms with Gasteiger partial charge in [-0.2, -0.15) is 0 Å². The van der Waals surface area contributed by atoms with Crippen molar-refractivity contribution in [3.05, 3.63) is 54.0 Å². The molecule has 0 aliphatic carbocycles. The molecule has 1 saturated heterocycles. The smallest absolute Gasteiger partial charge is 0.344 e. The molecule has 1 aliphatic heterocycles. The van der Waals surface area contributed by atoms with Gasteiger partial charge in [-0.05, 0) is 37.1 Å². The summed E-state index contributed by atoms with van der Waals surface area (Å²) in [5.41, 5.74) is 8.95. The number of ether oxygens (including phenoxy) is 2. The van der Waals surface area contributed by atoms with Gasteiger partial charge < -0.3 is 24.2 Å². The maximum atomic E-state index is 12.9. The van der Waals surface area contributed by atoms with E-state index in [2.05, 4.69) is 4.98 Å². The standard InChI is InChI=1S/C21H20N4O4/c22-19-17(21(26)29-12-14-6-4-10-28-14)18-20(25(19)11-13-5-3-9-27-13)24-16-8-2-1-7-15(16)23-18/h1-3,5,7-9,14H,4,6,10-12,22H2. The first-order valence-electron chi connectivity index (χ1n) is 9.56. The SMILES string of the molecule is Nc1c(C(=O)OCC2CCCO2)c2nc3ccccc3nc2n1Cc1ccco1. The zero-order valence-electron chi connectivity index (χ0n) is 15.7. The van der Waals surface area contributed by atoms with Gasteiger partial charge in [-0.1, -0.05) is 12.1 Å². The quantitative estimate of drug-likeness (QED) is 0.520. The average Bonchev–Trinajstić information content (AvgIpc) is 3.48. The first-order chi connectivity index (χ1) is 14.2. The molecule has 148 valence electrons. The van der Waals surface area contributed by atoms with Crippen LogP contribution in [0.1, 0.15) is 29.0 Å². The molecule has 0 amide bonds. The fourth-order valence-corrected chi connectivity index (χ4v) is 3.65. The fourth-order valence-electron chi connectivity index (χ4n) is 3.65. The number of hydrogen-bond donors (Lipinski definition) is 1. The molecule has 0 bridgehead atoms. The Morgan fingerprint density at radius 3 is 2.76 bits per heavy atom. The molecule has 8 nitrogen and oxygen atoms in total. The number of anilines is 1. The summed E-state index contributed by atoms with van der Waals surface area (Å²) in [6.07, 6.45) is 3.39. The van der Waals surface area contributed by atoms with E-state index >= 15 is 0 Å². The summed E-state index contributed by atoms with van der Waals surface area (Å²) in [6, 6.07) is 11.1. The summed E-state index contributed by atoms with van der Waals surface area (Å²) in [4.78, 5) is 22.3. The topological polar surface area (TPSA) is 105 Å². The van der Waals surface area contributed by atoms with Crippen molar-refractivity contribution in [1.82, 2.24) is 14.5 Å². The lowest BCUT2D eigenvalue weighted by Crippen LogP contribution is -2.18. The van der Waals surface area contributed by atoms with Crippen molar-refractivity contribution in [3.8, 4) is 0 Å². The van der Waals surface area contributed by atoms with Gasteiger partial charge in [0.15, 0.2) is 5.65 Å². The summed E-state index contributed by atoms with van der Waals surface area (Å²) >= 11 is 0. The Bertz CT molecular complexity index is 1180. The average molecular weight is 392 g/mol. The van der Waals surface area contributed by atoms with Gasteiger partial charge in [-0.3, -0.25) is 0 Å². The van der Waals surface area contributed by atoms with Crippen LogP contribution in [0, 0.1) is 0 Å². The number of fused-ring (bicyclic) bond motifs is 2. The minimum Gasteiger partial charge on any atom is -0.467 e. The number of carbonyl (C=O) groups excluding carboxylic acids is 1. The molecule has 3 aromatic heterocycles. The highest BCUT2D eigenvalue weighted by atomic mass is 16.6. The Morgan fingerprint density at radius 2 is 2.03 bits per heavy atom. The zero-order chi connectivity index (χ0) is 19.8. The molecule has 0 spiro atoms. The number of para-hydroxylation sites is 2. The van der Waals surface area contributed by atoms with E-state index < -0.39 is 5.97 Å². The van der Waals surface area contributed by atoms with Gasteiger partial charge in [0.1, 0.15) is 29.3 Å². The summed E-state index contributed by atoms with van der Waals surface area (Å²) < 4.78 is 18.2. The van der Waals surface area contributed by atoms with Crippen LogP contribution in [0.15, 0.2) is 47.1 Å². The van der Waals surface area contributed by atoms with E-state index in [1.807, 2.05) is 30.3 Å². The second-order valence-corrected chi connectivity index (χ2v) is 7.04. The van der Waals surface area contributed by atoms with Crippen LogP contribution in [0.5, 0.6) is 0 Å². The maximum Gasteiger partial charge on any atom is 0.344 e. The minimum atomic E-state index is -0.522. The summed E-state index contributed by atoms with van der Waals surface area (Å²) in [5, 5.41) is 0. The normalized spacial score (nSPS) is 16.6. The van der Waals surface area contributed by atoms with Gasteiger partial charge in [0, 0.05) is 6.61 Å². The number of nitrogens with two attached hydrogens (primary N) is 1. The lowest BCUT2D eigenvalue weighted by atomic mass is 10.2. The number of esters is 1. The number of nitrogens with zero attached hydrogens (tertiary/aromatic N) is 3. The van der Waals surface area contributed by atoms with E-state index in [0.29, 0.717) is 35.6 Å². The van der Waals surface area contributed by atoms with Crippen molar-refractivity contribution in [1.29, 1.82) is 0 Å². The lowest BCUT2D eigenvalue weighted by molar-refractivity contribution is 0.0163. The van der Waals surface area contributed by atoms with Gasteiger partial charge in [-0.25, -0.2) is 14.8 Å². The molecule has 1 aromatic carbocycles. The number of aromatic nitrogens is 3. The molecule has 1 fully saturated rings. The Labute approximate surface area is 166 Å². The first-order valence-corrected chi connectivity index (χ1v) is 9.56. The molecule has 8 heteroatoms. The maximum absolute atomic E-state index is 12.9. The van der Waals surface area contributed by atoms with Gasteiger partial charge in [-0.15, -0.1) is 0 Å². The van der Waals surface area contributed by atoms with E-state index in [1.165, 1.54) is 0 Å². The van der Waals surface area contributed by atoms with Gasteiger partial charge in [0.2, 0.25) is 0 Å². The Morgan fingerprint density at radius 1 is 1.21 bits per heavy atom. The van der Waals surface area contributed by atoms with E-state index in [0.717, 1.165) is 18.4 Å². The second kappa shape index (κ2) is 7.21. The highest BCUT2D eigenvalue weighted by molar-refractivity contribution is 6.08. The lowest BCUT2D eigenvalue weighted by Gasteiger charge is -2.10. The molecule has 2 N–H and O–H groups in total. The number of hydrogen-bond acceptors (Lipinski definition) is 7. The predicted molar refractivity (Wildman–Crippen MR) is 107 cm³/mol. The van der Waals surface area contributed by atoms with Crippen molar-refractivity contribution >= 4 is 34.0 Å². The zero-order valence-corrected chi connectivity index (χ0v) is 15.7. The van der Waals surface area contributed by atoms with Crippen molar-refractivity contribution in [2.45, 2.75) is 25.5 Å². The minimum absolute atomic E-state index is 0.0662. The van der Waals surface area contributed by atoms with E-state index in [-0.39, 0.29) is 24.1 Å². The number of furan rings is 1. The third-order valence-electron chi connectivity index (χ3n) is 5.11. The molecule has 1 unspecified atom stereocenters. The van der Waals surface area contributed by atoms with Crippen LogP contribution >= 0.6 is 0 Å². The van der Waals surface area contributed by atoms with Crippen molar-refractivity contribution in [2.24, 2.45) is 0 Å². The van der Waals surface area contributed by atoms with Gasteiger partial charge in [0.25, 0.3) is 0 Å². The molecule has 1 aliphatic rings. The van der Waals surface area contributed by atoms with Crippen molar-refractivity contribution in [3.63, 3.8) is 0 Å². The van der Waals surface area contributed by atoms with Crippen molar-refractivity contribution in [2.75, 3.05) is 18.9 Å². The number of carbonyl (C=O) groups is 1. The van der Waals surface area contributed by atoms with Crippen LogP contribution in [0.25, 0.3) is 22.2 Å². The van der Waals surface area contributed by atoms with Crippen LogP contribution in [0.4, 0.5) is 5.82 Å². The summed E-state index contributed by atoms with van der Waals surface area (Å²) in [5.74, 6) is 0.428. The summed E-state index contributed by atoms with van der Waals surface area (Å²) in [7, 11) is 0. The van der Waals surface area contributed by atoms with Gasteiger partial charge >= 0.3 is 5.97 Å². The largest absolute Gasteiger partial charge is 0.467 e. The van der Waals surface area contributed by atoms with E-state index in [4.69, 9.17) is 24.6 Å². The molecule has 4 heterocycles. The number of rotatable bonds is 5. The monoisotopic (exact) mass is 392 g/mol. The van der Waals surface area contributed by atoms with Crippen LogP contribution in [0.3, 0.4) is 0 Å². The second-order valence-electron chi connectivity index (χ2n) is 7.04. The van der Waals surface area contributed by atoms with E-state index in [9.17, 15) is 4.79 Å². The van der Waals surface area contributed by atoms with E-state index in [1.54, 1.807) is 16.9 Å². The Hall–Kier alpha value is -3.39. The molecule has 5 rings (SSSR count). The number of benzene rings is 1. The van der Waals surface area contributed by atoms with Crippen molar-refractivity contribution < 1.29 is 18.7 Å². The molecule has 0 radical (unpaired) electrons. The molecule has 4 aromatic rings.